The van der Waals surface area contributed by atoms with E-state index in [-0.39, 0.29) is 11.3 Å². The van der Waals surface area contributed by atoms with Gasteiger partial charge < -0.3 is 9.84 Å². The third-order valence-electron chi connectivity index (χ3n) is 3.06. The molecule has 128 valence electrons. The van der Waals surface area contributed by atoms with Crippen molar-refractivity contribution in [3.63, 3.8) is 0 Å². The Balaban J connectivity index is 3.34. The van der Waals surface area contributed by atoms with Gasteiger partial charge in [-0.15, -0.1) is 0 Å². The lowest BCUT2D eigenvalue weighted by Gasteiger charge is -2.32. The van der Waals surface area contributed by atoms with Gasteiger partial charge in [0.15, 0.2) is 0 Å². The summed E-state index contributed by atoms with van der Waals surface area (Å²) >= 11 is 0. The highest BCUT2D eigenvalue weighted by atomic mass is 32.2. The SMILES string of the molecule is COC(=O)[C@@](F)([C@@H](O)c1ccc([N+](=O)[O-])cc1)S(=O)C(C)(C)C. The molecule has 0 heterocycles. The highest BCUT2D eigenvalue weighted by molar-refractivity contribution is 7.88. The quantitative estimate of drug-likeness (QED) is 0.496. The Bertz CT molecular complexity index is 627. The number of halogens is 1. The molecule has 0 aliphatic carbocycles. The van der Waals surface area contributed by atoms with Crippen molar-refractivity contribution in [2.45, 2.75) is 36.6 Å². The number of benzene rings is 1. The van der Waals surface area contributed by atoms with Crippen molar-refractivity contribution in [2.24, 2.45) is 0 Å². The van der Waals surface area contributed by atoms with Crippen LogP contribution in [0, 0.1) is 10.1 Å². The molecule has 23 heavy (non-hydrogen) atoms. The molecule has 0 fully saturated rings. The largest absolute Gasteiger partial charge is 0.466 e. The number of non-ortho nitro benzene ring substituents is 1. The molecule has 7 nitrogen and oxygen atoms in total. The number of nitro groups is 1. The van der Waals surface area contributed by atoms with Crippen LogP contribution in [0.5, 0.6) is 0 Å². The number of alkyl halides is 1. The number of ether oxygens (including phenoxy) is 1. The van der Waals surface area contributed by atoms with E-state index in [1.54, 1.807) is 0 Å². The number of nitrogens with zero attached hydrogens (tertiary/aromatic N) is 1. The highest BCUT2D eigenvalue weighted by Crippen LogP contribution is 2.39. The van der Waals surface area contributed by atoms with Gasteiger partial charge in [-0.3, -0.25) is 14.3 Å². The van der Waals surface area contributed by atoms with E-state index in [9.17, 15) is 24.2 Å². The summed E-state index contributed by atoms with van der Waals surface area (Å²) < 4.78 is 30.9. The average molecular weight is 347 g/mol. The number of rotatable bonds is 5. The second kappa shape index (κ2) is 6.71. The lowest BCUT2D eigenvalue weighted by Crippen LogP contribution is -2.50. The van der Waals surface area contributed by atoms with Crippen LogP contribution in [0.1, 0.15) is 32.4 Å². The molecule has 0 aliphatic rings. The summed E-state index contributed by atoms with van der Waals surface area (Å²) in [6.45, 7) is 4.34. The normalized spacial score (nSPS) is 17.0. The first-order valence-corrected chi connectivity index (χ1v) is 7.73. The van der Waals surface area contributed by atoms with Crippen LogP contribution in [-0.4, -0.2) is 37.1 Å². The van der Waals surface area contributed by atoms with Crippen LogP contribution in [0.2, 0.25) is 0 Å². The molecule has 3 atom stereocenters. The van der Waals surface area contributed by atoms with E-state index in [1.807, 2.05) is 0 Å². The van der Waals surface area contributed by atoms with E-state index in [2.05, 4.69) is 4.74 Å². The van der Waals surface area contributed by atoms with Gasteiger partial charge in [-0.05, 0) is 38.5 Å². The first kappa shape index (κ1) is 19.2. The Morgan fingerprint density at radius 2 is 1.83 bits per heavy atom. The standard InChI is InChI=1S/C14H18FNO6S/c1-13(2,3)23(21)14(15,12(18)22-4)11(17)9-5-7-10(8-6-9)16(19)20/h5-8,11,17H,1-4H3/t11-,14+,23?/m0/s1. The van der Waals surface area contributed by atoms with E-state index in [0.29, 0.717) is 0 Å². The lowest BCUT2D eigenvalue weighted by atomic mass is 10.0. The minimum absolute atomic E-state index is 0.124. The molecule has 0 spiro atoms. The number of methoxy groups -OCH3 is 1. The van der Waals surface area contributed by atoms with Crippen LogP contribution in [0.15, 0.2) is 24.3 Å². The molecule has 1 aromatic rings. The predicted molar refractivity (Wildman–Crippen MR) is 81.8 cm³/mol. The van der Waals surface area contributed by atoms with Crippen LogP contribution in [0.25, 0.3) is 0 Å². The third-order valence-corrected chi connectivity index (χ3v) is 5.10. The Morgan fingerprint density at radius 3 is 2.17 bits per heavy atom. The number of esters is 1. The maximum absolute atomic E-state index is 15.3. The van der Waals surface area contributed by atoms with E-state index >= 15 is 4.39 Å². The minimum atomic E-state index is -3.21. The summed E-state index contributed by atoms with van der Waals surface area (Å²) in [5, 5.41) is 17.7. The smallest absolute Gasteiger partial charge is 0.360 e. The van der Waals surface area contributed by atoms with Gasteiger partial charge in [0.25, 0.3) is 5.69 Å². The Hall–Kier alpha value is -1.87. The Labute approximate surface area is 135 Å². The number of nitro benzene ring substituents is 1. The molecule has 0 amide bonds. The van der Waals surface area contributed by atoms with Crippen molar-refractivity contribution in [1.82, 2.24) is 0 Å². The first-order valence-electron chi connectivity index (χ1n) is 6.58. The van der Waals surface area contributed by atoms with Gasteiger partial charge in [0.2, 0.25) is 0 Å². The fourth-order valence-corrected chi connectivity index (χ4v) is 3.33. The molecule has 0 bridgehead atoms. The summed E-state index contributed by atoms with van der Waals surface area (Å²) in [4.78, 5) is 21.8. The topological polar surface area (TPSA) is 107 Å². The number of carbonyl (C=O) groups excluding carboxylic acids is 1. The van der Waals surface area contributed by atoms with Gasteiger partial charge in [-0.1, -0.05) is 0 Å². The Kier molecular flexibility index (Phi) is 5.60. The van der Waals surface area contributed by atoms with E-state index in [0.717, 1.165) is 31.4 Å². The van der Waals surface area contributed by atoms with Crippen molar-refractivity contribution in [2.75, 3.05) is 7.11 Å². The third kappa shape index (κ3) is 3.73. The van der Waals surface area contributed by atoms with E-state index in [4.69, 9.17) is 0 Å². The molecule has 1 unspecified atom stereocenters. The summed E-state index contributed by atoms with van der Waals surface area (Å²) in [5.74, 6) is -1.48. The minimum Gasteiger partial charge on any atom is -0.466 e. The molecular weight excluding hydrogens is 329 g/mol. The van der Waals surface area contributed by atoms with E-state index in [1.165, 1.54) is 20.8 Å². The first-order chi connectivity index (χ1) is 10.5. The van der Waals surface area contributed by atoms with Crippen LogP contribution >= 0.6 is 0 Å². The number of hydrogen-bond donors (Lipinski definition) is 1. The molecule has 1 N–H and O–H groups in total. The number of carbonyl (C=O) groups is 1. The summed E-state index contributed by atoms with van der Waals surface area (Å²) in [5.41, 5.74) is -0.387. The monoisotopic (exact) mass is 347 g/mol. The fraction of sp³-hybridized carbons (Fsp3) is 0.500. The van der Waals surface area contributed by atoms with Crippen molar-refractivity contribution >= 4 is 22.5 Å². The van der Waals surface area contributed by atoms with Crippen molar-refractivity contribution in [1.29, 1.82) is 0 Å². The second-order valence-electron chi connectivity index (χ2n) is 5.77. The lowest BCUT2D eigenvalue weighted by molar-refractivity contribution is -0.384. The summed E-state index contributed by atoms with van der Waals surface area (Å²) in [6, 6.07) is 4.30. The van der Waals surface area contributed by atoms with Crippen LogP contribution < -0.4 is 0 Å². The highest BCUT2D eigenvalue weighted by Gasteiger charge is 2.56. The zero-order valence-electron chi connectivity index (χ0n) is 13.1. The zero-order chi connectivity index (χ0) is 18.0. The van der Waals surface area contributed by atoms with Crippen molar-refractivity contribution in [3.8, 4) is 0 Å². The second-order valence-corrected chi connectivity index (χ2v) is 8.13. The predicted octanol–water partition coefficient (Wildman–Crippen LogP) is 2.01. The molecule has 0 aromatic heterocycles. The molecule has 1 aromatic carbocycles. The molecule has 0 saturated carbocycles. The average Bonchev–Trinajstić information content (AvgIpc) is 2.50. The van der Waals surface area contributed by atoms with Crippen molar-refractivity contribution < 1.29 is 28.2 Å². The fourth-order valence-electron chi connectivity index (χ4n) is 1.87. The van der Waals surface area contributed by atoms with Gasteiger partial charge in [0.1, 0.15) is 6.10 Å². The van der Waals surface area contributed by atoms with Gasteiger partial charge in [-0.25, -0.2) is 9.18 Å². The number of aliphatic hydroxyl groups is 1. The van der Waals surface area contributed by atoms with Gasteiger partial charge in [-0.2, -0.15) is 0 Å². The molecular formula is C14H18FNO6S. The summed E-state index contributed by atoms with van der Waals surface area (Å²) in [6.07, 6.45) is -2.10. The number of hydrogen-bond acceptors (Lipinski definition) is 6. The zero-order valence-corrected chi connectivity index (χ0v) is 13.9. The molecule has 1 rings (SSSR count). The van der Waals surface area contributed by atoms with E-state index < -0.39 is 37.5 Å². The van der Waals surface area contributed by atoms with Crippen LogP contribution in [0.4, 0.5) is 10.1 Å². The van der Waals surface area contributed by atoms with Gasteiger partial charge in [0.05, 0.1) is 22.8 Å². The van der Waals surface area contributed by atoms with Crippen LogP contribution in [0.3, 0.4) is 0 Å². The molecule has 0 aliphatic heterocycles. The number of aliphatic hydroxyl groups excluding tert-OH is 1. The summed E-state index contributed by atoms with van der Waals surface area (Å²) in [7, 11) is -1.52. The maximum atomic E-state index is 15.3. The molecule has 0 radical (unpaired) electrons. The van der Waals surface area contributed by atoms with Gasteiger partial charge >= 0.3 is 11.0 Å². The molecule has 9 heteroatoms. The van der Waals surface area contributed by atoms with Crippen LogP contribution in [-0.2, 0) is 20.3 Å². The molecule has 0 saturated heterocycles. The van der Waals surface area contributed by atoms with Crippen molar-refractivity contribution in [3.05, 3.63) is 39.9 Å². The maximum Gasteiger partial charge on any atom is 0.360 e. The van der Waals surface area contributed by atoms with Gasteiger partial charge in [0, 0.05) is 16.9 Å². The Morgan fingerprint density at radius 1 is 1.35 bits per heavy atom.